The van der Waals surface area contributed by atoms with Crippen LogP contribution in [-0.4, -0.2) is 29.1 Å². The Labute approximate surface area is 150 Å². The quantitative estimate of drug-likeness (QED) is 0.266. The molecule has 8 heteroatoms. The van der Waals surface area contributed by atoms with E-state index < -0.39 is 16.9 Å². The van der Waals surface area contributed by atoms with Gasteiger partial charge < -0.3 is 9.84 Å². The molecule has 0 amide bonds. The Hall–Kier alpha value is -3.00. The number of non-ortho nitro benzene ring substituents is 1. The second-order valence-corrected chi connectivity index (χ2v) is 5.72. The van der Waals surface area contributed by atoms with E-state index in [1.54, 1.807) is 12.1 Å². The van der Waals surface area contributed by atoms with Crippen molar-refractivity contribution in [2.24, 2.45) is 0 Å². The van der Waals surface area contributed by atoms with Gasteiger partial charge in [-0.3, -0.25) is 10.1 Å². The number of hydrogen-bond acceptors (Lipinski definition) is 5. The monoisotopic (exact) mass is 405 g/mol. The van der Waals surface area contributed by atoms with Gasteiger partial charge in [0.1, 0.15) is 0 Å². The van der Waals surface area contributed by atoms with Gasteiger partial charge >= 0.3 is 11.9 Å². The zero-order valence-corrected chi connectivity index (χ0v) is 14.5. The molecular formula is C17H12BrNO6. The van der Waals surface area contributed by atoms with Crippen molar-refractivity contribution in [1.82, 2.24) is 0 Å². The van der Waals surface area contributed by atoms with E-state index in [1.165, 1.54) is 43.5 Å². The lowest BCUT2D eigenvalue weighted by Crippen LogP contribution is -2.09. The molecule has 2 aromatic rings. The predicted octanol–water partition coefficient (Wildman–Crippen LogP) is 3.77. The van der Waals surface area contributed by atoms with E-state index in [-0.39, 0.29) is 22.4 Å². The Bertz CT molecular complexity index is 890. The molecule has 0 saturated carbocycles. The van der Waals surface area contributed by atoms with Crippen molar-refractivity contribution < 1.29 is 24.4 Å². The molecule has 0 heterocycles. The lowest BCUT2D eigenvalue weighted by atomic mass is 9.97. The molecule has 7 nitrogen and oxygen atoms in total. The van der Waals surface area contributed by atoms with Crippen LogP contribution in [0.2, 0.25) is 0 Å². The number of carbonyl (C=O) groups is 2. The zero-order valence-electron chi connectivity index (χ0n) is 12.9. The first-order valence-corrected chi connectivity index (χ1v) is 7.71. The molecule has 0 unspecified atom stereocenters. The van der Waals surface area contributed by atoms with Crippen LogP contribution in [0.5, 0.6) is 0 Å². The number of halogens is 1. The van der Waals surface area contributed by atoms with E-state index in [4.69, 9.17) is 4.74 Å². The van der Waals surface area contributed by atoms with Gasteiger partial charge in [-0.2, -0.15) is 0 Å². The number of ether oxygens (including phenoxy) is 1. The molecule has 2 rings (SSSR count). The molecule has 0 saturated heterocycles. The highest BCUT2D eigenvalue weighted by atomic mass is 79.9. The third-order valence-corrected chi connectivity index (χ3v) is 4.03. The number of rotatable bonds is 5. The number of nitro benzene ring substituents is 1. The number of aromatic carboxylic acids is 1. The van der Waals surface area contributed by atoms with E-state index in [9.17, 15) is 24.8 Å². The molecule has 0 radical (unpaired) electrons. The summed E-state index contributed by atoms with van der Waals surface area (Å²) in [6.45, 7) is 0. The van der Waals surface area contributed by atoms with Crippen LogP contribution in [-0.2, 0) is 9.53 Å². The minimum atomic E-state index is -1.19. The molecule has 0 atom stereocenters. The van der Waals surface area contributed by atoms with Gasteiger partial charge in [-0.1, -0.05) is 18.2 Å². The number of hydrogen-bond donors (Lipinski definition) is 1. The van der Waals surface area contributed by atoms with Gasteiger partial charge in [0, 0.05) is 22.2 Å². The number of benzene rings is 2. The van der Waals surface area contributed by atoms with Gasteiger partial charge in [0.05, 0.1) is 23.2 Å². The first-order valence-electron chi connectivity index (χ1n) is 6.91. The van der Waals surface area contributed by atoms with E-state index in [0.717, 1.165) is 0 Å². The van der Waals surface area contributed by atoms with Gasteiger partial charge in [-0.25, -0.2) is 9.59 Å². The summed E-state index contributed by atoms with van der Waals surface area (Å²) in [5.74, 6) is -1.91. The van der Waals surface area contributed by atoms with E-state index in [2.05, 4.69) is 15.9 Å². The highest BCUT2D eigenvalue weighted by Gasteiger charge is 2.20. The molecule has 1 N–H and O–H groups in total. The molecule has 0 aliphatic heterocycles. The number of carbonyl (C=O) groups excluding carboxylic acids is 1. The number of carboxylic acids is 1. The molecule has 25 heavy (non-hydrogen) atoms. The highest BCUT2D eigenvalue weighted by molar-refractivity contribution is 9.10. The predicted molar refractivity (Wildman–Crippen MR) is 94.1 cm³/mol. The van der Waals surface area contributed by atoms with Gasteiger partial charge in [0.15, 0.2) is 0 Å². The fourth-order valence-electron chi connectivity index (χ4n) is 2.16. The normalized spacial score (nSPS) is 11.0. The molecule has 0 spiro atoms. The lowest BCUT2D eigenvalue weighted by molar-refractivity contribution is -0.384. The van der Waals surface area contributed by atoms with Gasteiger partial charge in [0.2, 0.25) is 0 Å². The Balaban J connectivity index is 2.64. The number of carboxylic acid groups (broad SMARTS) is 1. The zero-order chi connectivity index (χ0) is 18.6. The van der Waals surface area contributed by atoms with Crippen molar-refractivity contribution in [2.75, 3.05) is 7.11 Å². The highest BCUT2D eigenvalue weighted by Crippen LogP contribution is 2.29. The molecule has 0 aliphatic rings. The molecule has 0 bridgehead atoms. The fraction of sp³-hybridized carbons (Fsp3) is 0.0588. The first kappa shape index (κ1) is 18.3. The molecule has 0 fully saturated rings. The lowest BCUT2D eigenvalue weighted by Gasteiger charge is -2.10. The number of nitro groups is 1. The summed E-state index contributed by atoms with van der Waals surface area (Å²) in [6, 6.07) is 10.0. The van der Waals surface area contributed by atoms with Crippen molar-refractivity contribution in [3.05, 3.63) is 73.7 Å². The Morgan fingerprint density at radius 2 is 1.84 bits per heavy atom. The van der Waals surface area contributed by atoms with Crippen LogP contribution < -0.4 is 0 Å². The Kier molecular flexibility index (Phi) is 5.66. The van der Waals surface area contributed by atoms with E-state index >= 15 is 0 Å². The third kappa shape index (κ3) is 4.10. The Morgan fingerprint density at radius 1 is 1.20 bits per heavy atom. The summed E-state index contributed by atoms with van der Waals surface area (Å²) in [5, 5.41) is 20.1. The van der Waals surface area contributed by atoms with Crippen LogP contribution in [0.4, 0.5) is 5.69 Å². The van der Waals surface area contributed by atoms with Crippen LogP contribution in [0.25, 0.3) is 11.6 Å². The number of nitrogens with zero attached hydrogens (tertiary/aromatic N) is 1. The van der Waals surface area contributed by atoms with E-state index in [1.807, 2.05) is 0 Å². The minimum absolute atomic E-state index is 0.0232. The molecule has 0 aromatic heterocycles. The van der Waals surface area contributed by atoms with Gasteiger partial charge in [-0.15, -0.1) is 0 Å². The molecule has 0 aliphatic carbocycles. The van der Waals surface area contributed by atoms with Crippen molar-refractivity contribution in [2.45, 2.75) is 0 Å². The van der Waals surface area contributed by atoms with E-state index in [0.29, 0.717) is 10.0 Å². The summed E-state index contributed by atoms with van der Waals surface area (Å²) >= 11 is 3.22. The fourth-order valence-corrected chi connectivity index (χ4v) is 2.64. The topological polar surface area (TPSA) is 107 Å². The van der Waals surface area contributed by atoms with Crippen LogP contribution in [0, 0.1) is 10.1 Å². The average molecular weight is 406 g/mol. The van der Waals surface area contributed by atoms with Crippen LogP contribution in [0.1, 0.15) is 21.5 Å². The van der Waals surface area contributed by atoms with Crippen molar-refractivity contribution >= 4 is 45.2 Å². The molecular weight excluding hydrogens is 394 g/mol. The smallest absolute Gasteiger partial charge is 0.338 e. The maximum absolute atomic E-state index is 12.2. The van der Waals surface area contributed by atoms with Gasteiger partial charge in [-0.05, 0) is 39.7 Å². The molecule has 2 aromatic carbocycles. The summed E-state index contributed by atoms with van der Waals surface area (Å²) in [7, 11) is 1.18. The second kappa shape index (κ2) is 7.71. The summed E-state index contributed by atoms with van der Waals surface area (Å²) in [5.41, 5.74) is 0.500. The third-order valence-electron chi connectivity index (χ3n) is 3.35. The summed E-state index contributed by atoms with van der Waals surface area (Å²) < 4.78 is 5.14. The van der Waals surface area contributed by atoms with Gasteiger partial charge in [0.25, 0.3) is 5.69 Å². The van der Waals surface area contributed by atoms with Crippen LogP contribution >= 0.6 is 15.9 Å². The summed E-state index contributed by atoms with van der Waals surface area (Å²) in [4.78, 5) is 33.9. The summed E-state index contributed by atoms with van der Waals surface area (Å²) in [6.07, 6.45) is 1.42. The second-order valence-electron chi connectivity index (χ2n) is 4.86. The molecule has 128 valence electrons. The maximum atomic E-state index is 12.2. The average Bonchev–Trinajstić information content (AvgIpc) is 2.59. The number of methoxy groups -OCH3 is 1. The van der Waals surface area contributed by atoms with Crippen molar-refractivity contribution in [3.8, 4) is 0 Å². The maximum Gasteiger partial charge on any atom is 0.338 e. The standard InChI is InChI=1S/C17H12BrNO6/c1-25-17(22)14(12-4-2-3-5-13(12)16(20)21)8-10-6-7-11(19(23)24)9-15(10)18/h2-9H,1H3,(H,20,21)/b14-8+. The van der Waals surface area contributed by atoms with Crippen molar-refractivity contribution in [1.29, 1.82) is 0 Å². The Morgan fingerprint density at radius 3 is 2.36 bits per heavy atom. The van der Waals surface area contributed by atoms with Crippen molar-refractivity contribution in [3.63, 3.8) is 0 Å². The minimum Gasteiger partial charge on any atom is -0.478 e. The van der Waals surface area contributed by atoms with Crippen LogP contribution in [0.3, 0.4) is 0 Å². The first-order chi connectivity index (χ1) is 11.8. The number of esters is 1. The van der Waals surface area contributed by atoms with Crippen LogP contribution in [0.15, 0.2) is 46.9 Å². The largest absolute Gasteiger partial charge is 0.478 e. The SMILES string of the molecule is COC(=O)/C(=C/c1ccc([N+](=O)[O-])cc1Br)c1ccccc1C(=O)O.